The van der Waals surface area contributed by atoms with Gasteiger partial charge in [-0.15, -0.1) is 11.3 Å². The highest BCUT2D eigenvalue weighted by molar-refractivity contribution is 9.11. The van der Waals surface area contributed by atoms with Crippen molar-refractivity contribution in [3.05, 3.63) is 20.8 Å². The zero-order chi connectivity index (χ0) is 10.8. The van der Waals surface area contributed by atoms with Crippen LogP contribution in [0.15, 0.2) is 15.9 Å². The van der Waals surface area contributed by atoms with Crippen molar-refractivity contribution >= 4 is 33.2 Å². The number of thiophene rings is 1. The van der Waals surface area contributed by atoms with Crippen LogP contribution in [0, 0.1) is 0 Å². The molecule has 1 amide bonds. The fourth-order valence-corrected chi connectivity index (χ4v) is 3.43. The second-order valence-corrected chi connectivity index (χ2v) is 6.42. The molecule has 0 N–H and O–H groups in total. The third-order valence-corrected chi connectivity index (χ3v) is 4.59. The lowest BCUT2D eigenvalue weighted by Gasteiger charge is -2.23. The van der Waals surface area contributed by atoms with Gasteiger partial charge in [0.05, 0.1) is 8.66 Å². The quantitative estimate of drug-likeness (QED) is 0.815. The molecular weight excluding hydrogens is 274 g/mol. The summed E-state index contributed by atoms with van der Waals surface area (Å²) < 4.78 is 1.02. The second-order valence-electron chi connectivity index (χ2n) is 3.96. The molecule has 0 unspecified atom stereocenters. The Labute approximate surface area is 102 Å². The van der Waals surface area contributed by atoms with Crippen molar-refractivity contribution in [3.63, 3.8) is 0 Å². The summed E-state index contributed by atoms with van der Waals surface area (Å²) in [4.78, 5) is 14.8. The number of amides is 1. The smallest absolute Gasteiger partial charge is 0.263 e. The average molecular weight is 288 g/mol. The molecule has 1 saturated carbocycles. The summed E-state index contributed by atoms with van der Waals surface area (Å²) in [5, 5.41) is 0. The Bertz CT molecular complexity index is 357. The zero-order valence-electron chi connectivity index (χ0n) is 8.70. The molecule has 1 aliphatic rings. The van der Waals surface area contributed by atoms with Gasteiger partial charge in [0.15, 0.2) is 0 Å². The molecule has 4 heteroatoms. The maximum Gasteiger partial charge on any atom is 0.263 e. The first-order valence-corrected chi connectivity index (χ1v) is 6.82. The van der Waals surface area contributed by atoms with E-state index in [9.17, 15) is 4.79 Å². The van der Waals surface area contributed by atoms with Crippen molar-refractivity contribution in [3.8, 4) is 0 Å². The van der Waals surface area contributed by atoms with E-state index in [0.29, 0.717) is 6.04 Å². The molecule has 0 radical (unpaired) electrons. The van der Waals surface area contributed by atoms with E-state index in [4.69, 9.17) is 0 Å². The van der Waals surface area contributed by atoms with Gasteiger partial charge >= 0.3 is 0 Å². The molecule has 1 aromatic rings. The number of halogens is 1. The van der Waals surface area contributed by atoms with Crippen LogP contribution in [0.3, 0.4) is 0 Å². The molecule has 1 aromatic heterocycles. The van der Waals surface area contributed by atoms with E-state index in [-0.39, 0.29) is 5.91 Å². The maximum absolute atomic E-state index is 12.1. The summed E-state index contributed by atoms with van der Waals surface area (Å²) in [7, 11) is 1.92. The summed E-state index contributed by atoms with van der Waals surface area (Å²) in [5.41, 5.74) is 0. The molecule has 2 rings (SSSR count). The van der Waals surface area contributed by atoms with Gasteiger partial charge < -0.3 is 4.90 Å². The van der Waals surface area contributed by atoms with Crippen LogP contribution in [0.25, 0.3) is 0 Å². The topological polar surface area (TPSA) is 20.3 Å². The Morgan fingerprint density at radius 2 is 2.13 bits per heavy atom. The van der Waals surface area contributed by atoms with Crippen molar-refractivity contribution < 1.29 is 4.79 Å². The molecule has 1 heterocycles. The highest BCUT2D eigenvalue weighted by Crippen LogP contribution is 2.27. The fraction of sp³-hybridized carbons (Fsp3) is 0.545. The molecular formula is C11H14BrNOS. The van der Waals surface area contributed by atoms with Gasteiger partial charge in [-0.3, -0.25) is 4.79 Å². The van der Waals surface area contributed by atoms with Gasteiger partial charge in [0, 0.05) is 13.1 Å². The molecule has 15 heavy (non-hydrogen) atoms. The first-order chi connectivity index (χ1) is 7.18. The Balaban J connectivity index is 2.06. The van der Waals surface area contributed by atoms with Crippen LogP contribution in [0.5, 0.6) is 0 Å². The lowest BCUT2D eigenvalue weighted by molar-refractivity contribution is 0.0740. The van der Waals surface area contributed by atoms with Crippen molar-refractivity contribution in [2.75, 3.05) is 7.05 Å². The summed E-state index contributed by atoms with van der Waals surface area (Å²) in [6.07, 6.45) is 4.84. The molecule has 0 aliphatic heterocycles. The first-order valence-electron chi connectivity index (χ1n) is 5.21. The Morgan fingerprint density at radius 3 is 2.67 bits per heavy atom. The molecule has 0 saturated heterocycles. The van der Waals surface area contributed by atoms with Gasteiger partial charge in [0.1, 0.15) is 0 Å². The number of hydrogen-bond acceptors (Lipinski definition) is 2. The van der Waals surface area contributed by atoms with E-state index in [2.05, 4.69) is 15.9 Å². The van der Waals surface area contributed by atoms with Gasteiger partial charge in [0.2, 0.25) is 0 Å². The van der Waals surface area contributed by atoms with Gasteiger partial charge in [0.25, 0.3) is 5.91 Å². The van der Waals surface area contributed by atoms with Crippen LogP contribution in [0.1, 0.15) is 35.4 Å². The lowest BCUT2D eigenvalue weighted by atomic mass is 10.2. The van der Waals surface area contributed by atoms with Gasteiger partial charge in [-0.25, -0.2) is 0 Å². The zero-order valence-corrected chi connectivity index (χ0v) is 11.1. The first kappa shape index (κ1) is 11.1. The largest absolute Gasteiger partial charge is 0.338 e. The number of rotatable bonds is 2. The van der Waals surface area contributed by atoms with E-state index >= 15 is 0 Å². The minimum Gasteiger partial charge on any atom is -0.338 e. The second kappa shape index (κ2) is 4.66. The minimum atomic E-state index is 0.164. The van der Waals surface area contributed by atoms with Crippen LogP contribution in [0.4, 0.5) is 0 Å². The highest BCUT2D eigenvalue weighted by atomic mass is 79.9. The predicted molar refractivity (Wildman–Crippen MR) is 66.4 cm³/mol. The summed E-state index contributed by atoms with van der Waals surface area (Å²) in [5.74, 6) is 0.164. The summed E-state index contributed by atoms with van der Waals surface area (Å²) >= 11 is 4.89. The molecule has 0 spiro atoms. The third-order valence-electron chi connectivity index (χ3n) is 2.98. The molecule has 0 atom stereocenters. The molecule has 82 valence electrons. The van der Waals surface area contributed by atoms with E-state index < -0.39 is 0 Å². The molecule has 0 bridgehead atoms. The SMILES string of the molecule is CN(C(=O)c1ccc(Br)s1)C1CCCC1. The Hall–Kier alpha value is -0.350. The predicted octanol–water partition coefficient (Wildman–Crippen LogP) is 3.53. The number of carbonyl (C=O) groups is 1. The van der Waals surface area contributed by atoms with E-state index in [0.717, 1.165) is 21.5 Å². The average Bonchev–Trinajstić information content (AvgIpc) is 2.85. The van der Waals surface area contributed by atoms with Crippen LogP contribution >= 0.6 is 27.3 Å². The van der Waals surface area contributed by atoms with Crippen molar-refractivity contribution in [1.29, 1.82) is 0 Å². The summed E-state index contributed by atoms with van der Waals surface area (Å²) in [6, 6.07) is 4.28. The van der Waals surface area contributed by atoms with Crippen LogP contribution in [-0.2, 0) is 0 Å². The normalized spacial score (nSPS) is 16.9. The van der Waals surface area contributed by atoms with Gasteiger partial charge in [-0.05, 0) is 40.9 Å². The highest BCUT2D eigenvalue weighted by Gasteiger charge is 2.24. The van der Waals surface area contributed by atoms with E-state index in [1.807, 2.05) is 24.1 Å². The lowest BCUT2D eigenvalue weighted by Crippen LogP contribution is -2.34. The molecule has 1 aliphatic carbocycles. The number of nitrogens with zero attached hydrogens (tertiary/aromatic N) is 1. The fourth-order valence-electron chi connectivity index (χ4n) is 2.06. The van der Waals surface area contributed by atoms with Crippen molar-refractivity contribution in [1.82, 2.24) is 4.90 Å². The molecule has 2 nitrogen and oxygen atoms in total. The van der Waals surface area contributed by atoms with E-state index in [1.165, 1.54) is 24.2 Å². The minimum absolute atomic E-state index is 0.164. The number of hydrogen-bond donors (Lipinski definition) is 0. The Kier molecular flexibility index (Phi) is 3.46. The van der Waals surface area contributed by atoms with Crippen LogP contribution in [0.2, 0.25) is 0 Å². The third kappa shape index (κ3) is 2.42. The van der Waals surface area contributed by atoms with Gasteiger partial charge in [-0.1, -0.05) is 12.8 Å². The summed E-state index contributed by atoms with van der Waals surface area (Å²) in [6.45, 7) is 0. The van der Waals surface area contributed by atoms with Crippen LogP contribution in [-0.4, -0.2) is 23.9 Å². The van der Waals surface area contributed by atoms with Crippen molar-refractivity contribution in [2.24, 2.45) is 0 Å². The Morgan fingerprint density at radius 1 is 1.47 bits per heavy atom. The number of carbonyl (C=O) groups excluding carboxylic acids is 1. The van der Waals surface area contributed by atoms with E-state index in [1.54, 1.807) is 0 Å². The molecule has 0 aromatic carbocycles. The monoisotopic (exact) mass is 287 g/mol. The molecule has 1 fully saturated rings. The van der Waals surface area contributed by atoms with Gasteiger partial charge in [-0.2, -0.15) is 0 Å². The maximum atomic E-state index is 12.1. The standard InChI is InChI=1S/C11H14BrNOS/c1-13(8-4-2-3-5-8)11(14)9-6-7-10(12)15-9/h6-8H,2-5H2,1H3. The van der Waals surface area contributed by atoms with Crippen LogP contribution < -0.4 is 0 Å². The van der Waals surface area contributed by atoms with Crippen molar-refractivity contribution in [2.45, 2.75) is 31.7 Å².